The van der Waals surface area contributed by atoms with Crippen molar-refractivity contribution in [3.05, 3.63) is 65.5 Å². The van der Waals surface area contributed by atoms with Gasteiger partial charge in [0.1, 0.15) is 0 Å². The number of anilines is 1. The molecule has 1 heterocycles. The van der Waals surface area contributed by atoms with E-state index >= 15 is 0 Å². The van der Waals surface area contributed by atoms with E-state index in [2.05, 4.69) is 47.6 Å². The van der Waals surface area contributed by atoms with Gasteiger partial charge >= 0.3 is 0 Å². The Kier molecular flexibility index (Phi) is 5.26. The average molecular weight is 321 g/mol. The summed E-state index contributed by atoms with van der Waals surface area (Å²) in [5, 5.41) is 11.8. The molecule has 0 spiro atoms. The highest BCUT2D eigenvalue weighted by Gasteiger charge is 2.09. The van der Waals surface area contributed by atoms with Gasteiger partial charge in [0, 0.05) is 24.2 Å². The number of nitrogens with zero attached hydrogens (tertiary/aromatic N) is 2. The van der Waals surface area contributed by atoms with Gasteiger partial charge in [0.15, 0.2) is 0 Å². The lowest BCUT2D eigenvalue weighted by molar-refractivity contribution is 0.509. The number of aromatic nitrogens is 2. The molecule has 0 atom stereocenters. The van der Waals surface area contributed by atoms with Crippen LogP contribution in [0.5, 0.6) is 0 Å². The van der Waals surface area contributed by atoms with Crippen LogP contribution >= 0.6 is 0 Å². The van der Waals surface area contributed by atoms with Crippen molar-refractivity contribution in [3.8, 4) is 11.5 Å². The van der Waals surface area contributed by atoms with Crippen LogP contribution in [0.25, 0.3) is 11.5 Å². The third-order valence-electron chi connectivity index (χ3n) is 4.13. The fraction of sp³-hybridized carbons (Fsp3) is 0.300. The quantitative estimate of drug-likeness (QED) is 0.695. The van der Waals surface area contributed by atoms with E-state index in [1.54, 1.807) is 0 Å². The van der Waals surface area contributed by atoms with E-state index in [4.69, 9.17) is 4.42 Å². The van der Waals surface area contributed by atoms with Crippen molar-refractivity contribution in [2.75, 3.05) is 11.9 Å². The largest absolute Gasteiger partial charge is 0.421 e. The van der Waals surface area contributed by atoms with Gasteiger partial charge in [0.2, 0.25) is 11.8 Å². The van der Waals surface area contributed by atoms with Crippen molar-refractivity contribution in [1.82, 2.24) is 10.2 Å². The standard InChI is InChI=1S/C20H23N3O/c1-3-15-11-8-12-16(4-2)19(15)21-14-13-18-22-23-20(24-18)17-9-6-5-7-10-17/h5-12,21H,3-4,13-14H2,1-2H3. The second-order valence-corrected chi connectivity index (χ2v) is 5.70. The van der Waals surface area contributed by atoms with Crippen LogP contribution in [-0.4, -0.2) is 16.7 Å². The number of rotatable bonds is 7. The zero-order chi connectivity index (χ0) is 16.8. The average Bonchev–Trinajstić information content (AvgIpc) is 3.11. The summed E-state index contributed by atoms with van der Waals surface area (Å²) in [4.78, 5) is 0. The Balaban J connectivity index is 1.65. The van der Waals surface area contributed by atoms with Crippen LogP contribution in [0.1, 0.15) is 30.9 Å². The highest BCUT2D eigenvalue weighted by atomic mass is 16.4. The maximum Gasteiger partial charge on any atom is 0.247 e. The zero-order valence-corrected chi connectivity index (χ0v) is 14.2. The van der Waals surface area contributed by atoms with Crippen LogP contribution in [0.15, 0.2) is 52.9 Å². The predicted molar refractivity (Wildman–Crippen MR) is 97.1 cm³/mol. The normalized spacial score (nSPS) is 10.8. The van der Waals surface area contributed by atoms with E-state index in [0.29, 0.717) is 18.2 Å². The molecule has 0 aliphatic carbocycles. The van der Waals surface area contributed by atoms with Gasteiger partial charge in [-0.3, -0.25) is 0 Å². The summed E-state index contributed by atoms with van der Waals surface area (Å²) in [5.74, 6) is 1.24. The van der Waals surface area contributed by atoms with Gasteiger partial charge in [-0.05, 0) is 36.1 Å². The molecule has 0 fully saturated rings. The van der Waals surface area contributed by atoms with E-state index in [1.807, 2.05) is 30.3 Å². The fourth-order valence-electron chi connectivity index (χ4n) is 2.82. The Morgan fingerprint density at radius 3 is 2.25 bits per heavy atom. The molecule has 0 bridgehead atoms. The summed E-state index contributed by atoms with van der Waals surface area (Å²) >= 11 is 0. The molecule has 0 saturated heterocycles. The number of hydrogen-bond donors (Lipinski definition) is 1. The first kappa shape index (κ1) is 16.2. The molecule has 3 rings (SSSR count). The molecular formula is C20H23N3O. The van der Waals surface area contributed by atoms with Crippen LogP contribution < -0.4 is 5.32 Å². The smallest absolute Gasteiger partial charge is 0.247 e. The molecule has 4 heteroatoms. The second kappa shape index (κ2) is 7.77. The molecule has 3 aromatic rings. The molecular weight excluding hydrogens is 298 g/mol. The monoisotopic (exact) mass is 321 g/mol. The first-order chi connectivity index (χ1) is 11.8. The SMILES string of the molecule is CCc1cccc(CC)c1NCCc1nnc(-c2ccccc2)o1. The van der Waals surface area contributed by atoms with Crippen molar-refractivity contribution >= 4 is 5.69 Å². The molecule has 0 unspecified atom stereocenters. The summed E-state index contributed by atoms with van der Waals surface area (Å²) < 4.78 is 5.76. The van der Waals surface area contributed by atoms with Gasteiger partial charge in [-0.2, -0.15) is 0 Å². The van der Waals surface area contributed by atoms with E-state index in [1.165, 1.54) is 16.8 Å². The van der Waals surface area contributed by atoms with Crippen molar-refractivity contribution in [1.29, 1.82) is 0 Å². The van der Waals surface area contributed by atoms with E-state index in [9.17, 15) is 0 Å². The second-order valence-electron chi connectivity index (χ2n) is 5.70. The number of hydrogen-bond acceptors (Lipinski definition) is 4. The first-order valence-electron chi connectivity index (χ1n) is 8.54. The van der Waals surface area contributed by atoms with E-state index < -0.39 is 0 Å². The van der Waals surface area contributed by atoms with E-state index in [0.717, 1.165) is 24.9 Å². The molecule has 24 heavy (non-hydrogen) atoms. The third-order valence-corrected chi connectivity index (χ3v) is 4.13. The minimum Gasteiger partial charge on any atom is -0.421 e. The van der Waals surface area contributed by atoms with Crippen LogP contribution in [0, 0.1) is 0 Å². The van der Waals surface area contributed by atoms with Gasteiger partial charge in [0.25, 0.3) is 0 Å². The summed E-state index contributed by atoms with van der Waals surface area (Å²) in [6.45, 7) is 5.15. The van der Waals surface area contributed by atoms with Crippen LogP contribution in [0.3, 0.4) is 0 Å². The number of benzene rings is 2. The van der Waals surface area contributed by atoms with Gasteiger partial charge < -0.3 is 9.73 Å². The minimum atomic E-state index is 0.578. The summed E-state index contributed by atoms with van der Waals surface area (Å²) in [5.41, 5.74) is 4.91. The van der Waals surface area contributed by atoms with Crippen LogP contribution in [0.4, 0.5) is 5.69 Å². The minimum absolute atomic E-state index is 0.578. The lowest BCUT2D eigenvalue weighted by atomic mass is 10.0. The molecule has 124 valence electrons. The Morgan fingerprint density at radius 2 is 1.58 bits per heavy atom. The van der Waals surface area contributed by atoms with E-state index in [-0.39, 0.29) is 0 Å². The summed E-state index contributed by atoms with van der Waals surface area (Å²) in [7, 11) is 0. The highest BCUT2D eigenvalue weighted by molar-refractivity contribution is 5.58. The van der Waals surface area contributed by atoms with Crippen LogP contribution in [0.2, 0.25) is 0 Å². The van der Waals surface area contributed by atoms with Gasteiger partial charge in [0.05, 0.1) is 0 Å². The van der Waals surface area contributed by atoms with Crippen molar-refractivity contribution in [2.45, 2.75) is 33.1 Å². The van der Waals surface area contributed by atoms with Gasteiger partial charge in [-0.1, -0.05) is 50.2 Å². The van der Waals surface area contributed by atoms with Gasteiger partial charge in [-0.25, -0.2) is 0 Å². The highest BCUT2D eigenvalue weighted by Crippen LogP contribution is 2.23. The number of aryl methyl sites for hydroxylation is 2. The lowest BCUT2D eigenvalue weighted by Crippen LogP contribution is -2.09. The molecule has 2 aromatic carbocycles. The Bertz CT molecular complexity index is 758. The Morgan fingerprint density at radius 1 is 0.875 bits per heavy atom. The Labute approximate surface area is 142 Å². The first-order valence-corrected chi connectivity index (χ1v) is 8.54. The molecule has 0 radical (unpaired) electrons. The van der Waals surface area contributed by atoms with Crippen molar-refractivity contribution < 1.29 is 4.42 Å². The molecule has 0 aliphatic heterocycles. The summed E-state index contributed by atoms with van der Waals surface area (Å²) in [6.07, 6.45) is 2.75. The number of nitrogens with one attached hydrogen (secondary N) is 1. The summed E-state index contributed by atoms with van der Waals surface area (Å²) in [6, 6.07) is 16.3. The van der Waals surface area contributed by atoms with Crippen molar-refractivity contribution in [2.24, 2.45) is 0 Å². The maximum atomic E-state index is 5.76. The molecule has 1 aromatic heterocycles. The van der Waals surface area contributed by atoms with Gasteiger partial charge in [-0.15, -0.1) is 10.2 Å². The van der Waals surface area contributed by atoms with Crippen molar-refractivity contribution in [3.63, 3.8) is 0 Å². The molecule has 4 nitrogen and oxygen atoms in total. The predicted octanol–water partition coefficient (Wildman–Crippen LogP) is 4.52. The molecule has 0 aliphatic rings. The zero-order valence-electron chi connectivity index (χ0n) is 14.2. The lowest BCUT2D eigenvalue weighted by Gasteiger charge is -2.14. The Hall–Kier alpha value is -2.62. The fourth-order valence-corrected chi connectivity index (χ4v) is 2.82. The maximum absolute atomic E-state index is 5.76. The molecule has 0 amide bonds. The topological polar surface area (TPSA) is 51.0 Å². The van der Waals surface area contributed by atoms with Crippen LogP contribution in [-0.2, 0) is 19.3 Å². The molecule has 0 saturated carbocycles. The number of para-hydroxylation sites is 1. The third kappa shape index (κ3) is 3.65. The molecule has 1 N–H and O–H groups in total.